The summed E-state index contributed by atoms with van der Waals surface area (Å²) in [6.45, 7) is 7.60. The number of carbonyl (C=O) groups excluding carboxylic acids is 1. The molecule has 1 N–H and O–H groups in total. The molecule has 0 unspecified atom stereocenters. The van der Waals surface area contributed by atoms with E-state index in [9.17, 15) is 4.79 Å². The van der Waals surface area contributed by atoms with Crippen LogP contribution in [-0.4, -0.2) is 51.2 Å². The number of rotatable bonds is 5. The highest BCUT2D eigenvalue weighted by atomic mass is 32.2. The van der Waals surface area contributed by atoms with Gasteiger partial charge in [-0.25, -0.2) is 0 Å². The molecule has 1 fully saturated rings. The third-order valence-corrected chi connectivity index (χ3v) is 6.80. The zero-order valence-corrected chi connectivity index (χ0v) is 17.7. The maximum atomic E-state index is 13.1. The van der Waals surface area contributed by atoms with Crippen molar-refractivity contribution in [1.29, 1.82) is 0 Å². The first-order valence-electron chi connectivity index (χ1n) is 10.4. The van der Waals surface area contributed by atoms with Crippen LogP contribution < -0.4 is 5.32 Å². The molecule has 1 atom stereocenters. The van der Waals surface area contributed by atoms with E-state index in [-0.39, 0.29) is 5.91 Å². The second kappa shape index (κ2) is 8.70. The van der Waals surface area contributed by atoms with Gasteiger partial charge in [0.15, 0.2) is 5.69 Å². The lowest BCUT2D eigenvalue weighted by Gasteiger charge is -2.27. The highest BCUT2D eigenvalue weighted by Gasteiger charge is 2.31. The number of aromatic nitrogens is 2. The van der Waals surface area contributed by atoms with Crippen LogP contribution >= 0.6 is 11.8 Å². The molecule has 2 aromatic rings. The highest BCUT2D eigenvalue weighted by molar-refractivity contribution is 7.99. The van der Waals surface area contributed by atoms with E-state index in [0.29, 0.717) is 11.7 Å². The fourth-order valence-corrected chi connectivity index (χ4v) is 5.08. The number of hydrogen-bond donors (Lipinski definition) is 1. The Morgan fingerprint density at radius 1 is 1.25 bits per heavy atom. The number of benzene rings is 1. The zero-order valence-electron chi connectivity index (χ0n) is 16.9. The summed E-state index contributed by atoms with van der Waals surface area (Å²) in [5.74, 6) is 2.19. The van der Waals surface area contributed by atoms with Crippen molar-refractivity contribution in [1.82, 2.24) is 20.0 Å². The quantitative estimate of drug-likeness (QED) is 0.841. The van der Waals surface area contributed by atoms with E-state index >= 15 is 0 Å². The molecule has 5 nitrogen and oxygen atoms in total. The van der Waals surface area contributed by atoms with Gasteiger partial charge in [0.05, 0.1) is 0 Å². The number of hydrogen-bond acceptors (Lipinski definition) is 4. The van der Waals surface area contributed by atoms with Gasteiger partial charge in [-0.3, -0.25) is 9.48 Å². The van der Waals surface area contributed by atoms with Crippen LogP contribution in [0, 0.1) is 6.92 Å². The molecular formula is C22H30N4OS. The third-order valence-electron chi connectivity index (χ3n) is 5.86. The molecule has 1 aromatic carbocycles. The Bertz CT molecular complexity index is 824. The normalized spacial score (nSPS) is 19.5. The first-order chi connectivity index (χ1) is 13.7. The number of fused-ring (bicyclic) bond motifs is 1. The molecule has 150 valence electrons. The van der Waals surface area contributed by atoms with E-state index in [1.807, 2.05) is 16.7 Å². The third kappa shape index (κ3) is 4.13. The minimum Gasteiger partial charge on any atom is -0.336 e. The Labute approximate surface area is 171 Å². The molecule has 1 aromatic heterocycles. The van der Waals surface area contributed by atoms with Gasteiger partial charge in [-0.05, 0) is 38.7 Å². The van der Waals surface area contributed by atoms with Crippen molar-refractivity contribution in [3.63, 3.8) is 0 Å². The SMILES string of the molecule is CCn1nc(C(=O)N2CCSCC2)c2c1CC[C@H](NCc1ccc(C)cc1)C2. The van der Waals surface area contributed by atoms with Crippen LogP contribution in [0.1, 0.15) is 46.2 Å². The number of nitrogens with one attached hydrogen (secondary N) is 1. The van der Waals surface area contributed by atoms with Crippen molar-refractivity contribution in [2.45, 2.75) is 52.2 Å². The topological polar surface area (TPSA) is 50.2 Å². The van der Waals surface area contributed by atoms with Crippen LogP contribution in [0.5, 0.6) is 0 Å². The maximum absolute atomic E-state index is 13.1. The molecular weight excluding hydrogens is 368 g/mol. The summed E-state index contributed by atoms with van der Waals surface area (Å²) in [5, 5.41) is 8.44. The number of aryl methyl sites for hydroxylation is 2. The van der Waals surface area contributed by atoms with Crippen molar-refractivity contribution >= 4 is 17.7 Å². The minimum atomic E-state index is 0.128. The molecule has 1 aliphatic carbocycles. The Kier molecular flexibility index (Phi) is 6.07. The van der Waals surface area contributed by atoms with Crippen molar-refractivity contribution in [3.8, 4) is 0 Å². The van der Waals surface area contributed by atoms with E-state index in [1.54, 1.807) is 0 Å². The fraction of sp³-hybridized carbons (Fsp3) is 0.545. The number of thioether (sulfide) groups is 1. The highest BCUT2D eigenvalue weighted by Crippen LogP contribution is 2.27. The van der Waals surface area contributed by atoms with Gasteiger partial charge in [0.2, 0.25) is 0 Å². The lowest BCUT2D eigenvalue weighted by Crippen LogP contribution is -2.39. The Morgan fingerprint density at radius 3 is 2.71 bits per heavy atom. The van der Waals surface area contributed by atoms with Gasteiger partial charge in [0.25, 0.3) is 5.91 Å². The average molecular weight is 399 g/mol. The van der Waals surface area contributed by atoms with Gasteiger partial charge in [-0.2, -0.15) is 16.9 Å². The molecule has 2 heterocycles. The molecule has 4 rings (SSSR count). The number of nitrogens with zero attached hydrogens (tertiary/aromatic N) is 3. The molecule has 0 bridgehead atoms. The van der Waals surface area contributed by atoms with Crippen LogP contribution in [0.2, 0.25) is 0 Å². The lowest BCUT2D eigenvalue weighted by molar-refractivity contribution is 0.0764. The summed E-state index contributed by atoms with van der Waals surface area (Å²) in [4.78, 5) is 15.1. The summed E-state index contributed by atoms with van der Waals surface area (Å²) in [7, 11) is 0. The van der Waals surface area contributed by atoms with E-state index < -0.39 is 0 Å². The largest absolute Gasteiger partial charge is 0.336 e. The van der Waals surface area contributed by atoms with Crippen molar-refractivity contribution < 1.29 is 4.79 Å². The van der Waals surface area contributed by atoms with Crippen LogP contribution in [0.25, 0.3) is 0 Å². The van der Waals surface area contributed by atoms with Crippen LogP contribution in [0.3, 0.4) is 0 Å². The van der Waals surface area contributed by atoms with Crippen LogP contribution in [0.4, 0.5) is 0 Å². The van der Waals surface area contributed by atoms with Gasteiger partial charge in [0, 0.05) is 55.0 Å². The van der Waals surface area contributed by atoms with Crippen molar-refractivity contribution in [2.75, 3.05) is 24.6 Å². The second-order valence-electron chi connectivity index (χ2n) is 7.80. The van der Waals surface area contributed by atoms with Gasteiger partial charge in [-0.15, -0.1) is 0 Å². The molecule has 0 spiro atoms. The summed E-state index contributed by atoms with van der Waals surface area (Å²) >= 11 is 1.93. The molecule has 6 heteroatoms. The van der Waals surface area contributed by atoms with Gasteiger partial charge in [-0.1, -0.05) is 29.8 Å². The van der Waals surface area contributed by atoms with E-state index in [4.69, 9.17) is 5.10 Å². The van der Waals surface area contributed by atoms with Crippen LogP contribution in [0.15, 0.2) is 24.3 Å². The summed E-state index contributed by atoms with van der Waals surface area (Å²) in [5.41, 5.74) is 5.74. The summed E-state index contributed by atoms with van der Waals surface area (Å²) in [6, 6.07) is 9.10. The van der Waals surface area contributed by atoms with E-state index in [0.717, 1.165) is 56.9 Å². The number of amides is 1. The maximum Gasteiger partial charge on any atom is 0.274 e. The smallest absolute Gasteiger partial charge is 0.274 e. The number of carbonyl (C=O) groups is 1. The van der Waals surface area contributed by atoms with Crippen LogP contribution in [-0.2, 0) is 25.9 Å². The Hall–Kier alpha value is -1.79. The van der Waals surface area contributed by atoms with Gasteiger partial charge in [0.1, 0.15) is 0 Å². The summed E-state index contributed by atoms with van der Waals surface area (Å²) < 4.78 is 2.05. The average Bonchev–Trinajstić information content (AvgIpc) is 3.11. The molecule has 2 aliphatic rings. The monoisotopic (exact) mass is 398 g/mol. The van der Waals surface area contributed by atoms with Gasteiger partial charge >= 0.3 is 0 Å². The first-order valence-corrected chi connectivity index (χ1v) is 11.6. The first kappa shape index (κ1) is 19.5. The predicted molar refractivity (Wildman–Crippen MR) is 115 cm³/mol. The molecule has 28 heavy (non-hydrogen) atoms. The predicted octanol–water partition coefficient (Wildman–Crippen LogP) is 3.05. The molecule has 1 saturated heterocycles. The van der Waals surface area contributed by atoms with E-state index in [1.165, 1.54) is 22.4 Å². The van der Waals surface area contributed by atoms with E-state index in [2.05, 4.69) is 48.1 Å². The minimum absolute atomic E-state index is 0.128. The second-order valence-corrected chi connectivity index (χ2v) is 9.03. The molecule has 0 radical (unpaired) electrons. The molecule has 1 aliphatic heterocycles. The Balaban J connectivity index is 1.49. The molecule has 1 amide bonds. The standard InChI is InChI=1S/C22H30N4OS/c1-3-26-20-9-8-18(23-15-17-6-4-16(2)5-7-17)14-19(20)21(24-26)22(27)25-10-12-28-13-11-25/h4-7,18,23H,3,8-15H2,1-2H3/t18-/m0/s1. The Morgan fingerprint density at radius 2 is 2.00 bits per heavy atom. The van der Waals surface area contributed by atoms with Gasteiger partial charge < -0.3 is 10.2 Å². The lowest BCUT2D eigenvalue weighted by atomic mass is 9.91. The molecule has 0 saturated carbocycles. The van der Waals surface area contributed by atoms with Crippen molar-refractivity contribution in [3.05, 3.63) is 52.3 Å². The zero-order chi connectivity index (χ0) is 19.5. The fourth-order valence-electron chi connectivity index (χ4n) is 4.18. The summed E-state index contributed by atoms with van der Waals surface area (Å²) in [6.07, 6.45) is 2.98. The van der Waals surface area contributed by atoms with Crippen molar-refractivity contribution in [2.24, 2.45) is 0 Å².